The van der Waals surface area contributed by atoms with E-state index in [1.165, 1.54) is 0 Å². The number of fused-ring (bicyclic) bond motifs is 1. The summed E-state index contributed by atoms with van der Waals surface area (Å²) in [5.74, 6) is 1.54. The average molecular weight is 385 g/mol. The van der Waals surface area contributed by atoms with E-state index in [1.807, 2.05) is 79.7 Å². The number of aryl methyl sites for hydroxylation is 1. The summed E-state index contributed by atoms with van der Waals surface area (Å²) >= 11 is 0. The molecule has 0 saturated heterocycles. The van der Waals surface area contributed by atoms with Gasteiger partial charge in [-0.05, 0) is 36.8 Å². The average Bonchev–Trinajstić information content (AvgIpc) is 3.10. The van der Waals surface area contributed by atoms with Crippen LogP contribution in [-0.2, 0) is 13.1 Å². The molecule has 3 aromatic carbocycles. The number of para-hydroxylation sites is 3. The van der Waals surface area contributed by atoms with Crippen molar-refractivity contribution in [1.29, 1.82) is 0 Å². The Bertz CT molecular complexity index is 1160. The van der Waals surface area contributed by atoms with Crippen molar-refractivity contribution in [2.75, 3.05) is 7.11 Å². The van der Waals surface area contributed by atoms with Gasteiger partial charge in [-0.1, -0.05) is 48.5 Å². The second-order valence-electron chi connectivity index (χ2n) is 6.91. The van der Waals surface area contributed by atoms with Crippen molar-refractivity contribution in [3.8, 4) is 5.75 Å². The van der Waals surface area contributed by atoms with Crippen molar-refractivity contribution in [2.24, 2.45) is 0 Å². The lowest BCUT2D eigenvalue weighted by Crippen LogP contribution is -2.25. The fourth-order valence-corrected chi connectivity index (χ4v) is 3.52. The van der Waals surface area contributed by atoms with Gasteiger partial charge in [-0.15, -0.1) is 0 Å². The Hall–Kier alpha value is -3.60. The summed E-state index contributed by atoms with van der Waals surface area (Å²) in [4.78, 5) is 17.4. The zero-order chi connectivity index (χ0) is 20.2. The van der Waals surface area contributed by atoms with Gasteiger partial charge in [0, 0.05) is 11.1 Å². The fraction of sp³-hybridized carbons (Fsp3) is 0.167. The van der Waals surface area contributed by atoms with Gasteiger partial charge in [-0.25, -0.2) is 4.98 Å². The molecule has 29 heavy (non-hydrogen) atoms. The number of nitrogens with zero attached hydrogens (tertiary/aromatic N) is 2. The van der Waals surface area contributed by atoms with Gasteiger partial charge in [0.05, 0.1) is 31.2 Å². The lowest BCUT2D eigenvalue weighted by Gasteiger charge is -2.13. The number of ether oxygens (including phenoxy) is 1. The molecule has 0 aliphatic rings. The molecule has 5 heteroatoms. The molecule has 0 bridgehead atoms. The smallest absolute Gasteiger partial charge is 0.251 e. The summed E-state index contributed by atoms with van der Waals surface area (Å²) in [7, 11) is 1.67. The normalized spacial score (nSPS) is 10.8. The molecule has 0 aliphatic carbocycles. The Morgan fingerprint density at radius 1 is 1.00 bits per heavy atom. The minimum Gasteiger partial charge on any atom is -0.496 e. The first-order chi connectivity index (χ1) is 14.2. The van der Waals surface area contributed by atoms with Gasteiger partial charge in [0.2, 0.25) is 0 Å². The van der Waals surface area contributed by atoms with Gasteiger partial charge in [-0.2, -0.15) is 0 Å². The van der Waals surface area contributed by atoms with Gasteiger partial charge in [0.15, 0.2) is 0 Å². The first-order valence-corrected chi connectivity index (χ1v) is 9.57. The van der Waals surface area contributed by atoms with Crippen LogP contribution in [0.4, 0.5) is 0 Å². The molecule has 4 rings (SSSR count). The Morgan fingerprint density at radius 3 is 2.55 bits per heavy atom. The van der Waals surface area contributed by atoms with E-state index in [2.05, 4.69) is 9.88 Å². The van der Waals surface area contributed by atoms with Gasteiger partial charge < -0.3 is 14.6 Å². The summed E-state index contributed by atoms with van der Waals surface area (Å²) in [5.41, 5.74) is 4.62. The van der Waals surface area contributed by atoms with E-state index in [-0.39, 0.29) is 5.91 Å². The molecule has 0 unspecified atom stereocenters. The van der Waals surface area contributed by atoms with Gasteiger partial charge in [0.1, 0.15) is 11.6 Å². The van der Waals surface area contributed by atoms with Crippen molar-refractivity contribution in [3.05, 3.63) is 95.3 Å². The summed E-state index contributed by atoms with van der Waals surface area (Å²) in [6.07, 6.45) is 0. The highest BCUT2D eigenvalue weighted by atomic mass is 16.5. The predicted octanol–water partition coefficient (Wildman–Crippen LogP) is 4.33. The summed E-state index contributed by atoms with van der Waals surface area (Å²) in [5, 5.41) is 3.02. The van der Waals surface area contributed by atoms with Gasteiger partial charge in [-0.3, -0.25) is 4.79 Å². The third-order valence-corrected chi connectivity index (χ3v) is 5.05. The van der Waals surface area contributed by atoms with E-state index in [9.17, 15) is 4.79 Å². The Morgan fingerprint density at radius 2 is 1.72 bits per heavy atom. The molecular weight excluding hydrogens is 362 g/mol. The zero-order valence-corrected chi connectivity index (χ0v) is 16.6. The topological polar surface area (TPSA) is 56.1 Å². The van der Waals surface area contributed by atoms with Crippen molar-refractivity contribution in [3.63, 3.8) is 0 Å². The monoisotopic (exact) mass is 385 g/mol. The van der Waals surface area contributed by atoms with E-state index in [1.54, 1.807) is 7.11 Å². The lowest BCUT2D eigenvalue weighted by atomic mass is 10.1. The van der Waals surface area contributed by atoms with E-state index >= 15 is 0 Å². The molecule has 146 valence electrons. The molecule has 0 atom stereocenters. The molecule has 0 radical (unpaired) electrons. The minimum absolute atomic E-state index is 0.0982. The lowest BCUT2D eigenvalue weighted by molar-refractivity contribution is 0.0949. The standard InChI is InChI=1S/C24H23N3O2/c1-17-9-3-5-11-19(17)24(28)25-15-23-26-20-12-6-7-13-21(20)27(23)16-18-10-4-8-14-22(18)29-2/h3-14H,15-16H2,1-2H3,(H,25,28). The number of hydrogen-bond donors (Lipinski definition) is 1. The predicted molar refractivity (Wildman–Crippen MR) is 114 cm³/mol. The van der Waals surface area contributed by atoms with Gasteiger partial charge in [0.25, 0.3) is 5.91 Å². The first kappa shape index (κ1) is 18.7. The molecule has 0 saturated carbocycles. The number of carbonyl (C=O) groups is 1. The third kappa shape index (κ3) is 3.85. The molecule has 0 aliphatic heterocycles. The fourth-order valence-electron chi connectivity index (χ4n) is 3.52. The number of aromatic nitrogens is 2. The van der Waals surface area contributed by atoms with Crippen molar-refractivity contribution in [2.45, 2.75) is 20.0 Å². The number of nitrogens with one attached hydrogen (secondary N) is 1. The highest BCUT2D eigenvalue weighted by Crippen LogP contribution is 2.23. The maximum atomic E-state index is 12.7. The summed E-state index contributed by atoms with van der Waals surface area (Å²) < 4.78 is 7.64. The van der Waals surface area contributed by atoms with Crippen molar-refractivity contribution in [1.82, 2.24) is 14.9 Å². The minimum atomic E-state index is -0.0982. The molecular formula is C24H23N3O2. The van der Waals surface area contributed by atoms with Crippen molar-refractivity contribution < 1.29 is 9.53 Å². The zero-order valence-electron chi connectivity index (χ0n) is 16.6. The number of amides is 1. The molecule has 1 amide bonds. The highest BCUT2D eigenvalue weighted by molar-refractivity contribution is 5.95. The van der Waals surface area contributed by atoms with Gasteiger partial charge >= 0.3 is 0 Å². The van der Waals surface area contributed by atoms with Crippen molar-refractivity contribution >= 4 is 16.9 Å². The van der Waals surface area contributed by atoms with Crippen LogP contribution in [-0.4, -0.2) is 22.6 Å². The maximum Gasteiger partial charge on any atom is 0.251 e. The Labute approximate surface area is 170 Å². The van der Waals surface area contributed by atoms with Crippen LogP contribution >= 0.6 is 0 Å². The molecule has 5 nitrogen and oxygen atoms in total. The van der Waals surface area contributed by atoms with Crippen LogP contribution in [0.25, 0.3) is 11.0 Å². The summed E-state index contributed by atoms with van der Waals surface area (Å²) in [6, 6.07) is 23.5. The van der Waals surface area contributed by atoms with Crippen LogP contribution in [0.1, 0.15) is 27.3 Å². The quantitative estimate of drug-likeness (QED) is 0.537. The van der Waals surface area contributed by atoms with Crippen LogP contribution in [0.2, 0.25) is 0 Å². The number of imidazole rings is 1. The number of methoxy groups -OCH3 is 1. The van der Waals surface area contributed by atoms with Crippen LogP contribution in [0.15, 0.2) is 72.8 Å². The maximum absolute atomic E-state index is 12.7. The molecule has 1 aromatic heterocycles. The second-order valence-corrected chi connectivity index (χ2v) is 6.91. The SMILES string of the molecule is COc1ccccc1Cn1c(CNC(=O)c2ccccc2C)nc2ccccc21. The van der Waals surface area contributed by atoms with Crippen LogP contribution < -0.4 is 10.1 Å². The van der Waals surface area contributed by atoms with Crippen LogP contribution in [0.3, 0.4) is 0 Å². The summed E-state index contributed by atoms with van der Waals surface area (Å²) in [6.45, 7) is 2.89. The van der Waals surface area contributed by atoms with E-state index in [0.717, 1.165) is 33.7 Å². The first-order valence-electron chi connectivity index (χ1n) is 9.57. The molecule has 0 fully saturated rings. The number of hydrogen-bond acceptors (Lipinski definition) is 3. The van der Waals surface area contributed by atoms with Crippen LogP contribution in [0, 0.1) is 6.92 Å². The highest BCUT2D eigenvalue weighted by Gasteiger charge is 2.15. The molecule has 1 N–H and O–H groups in total. The largest absolute Gasteiger partial charge is 0.496 e. The number of rotatable bonds is 6. The molecule has 4 aromatic rings. The number of carbonyl (C=O) groups excluding carboxylic acids is 1. The van der Waals surface area contributed by atoms with E-state index in [4.69, 9.17) is 9.72 Å². The second kappa shape index (κ2) is 8.19. The number of benzene rings is 3. The van der Waals surface area contributed by atoms with E-state index in [0.29, 0.717) is 18.7 Å². The Balaban J connectivity index is 1.65. The third-order valence-electron chi connectivity index (χ3n) is 5.05. The Kier molecular flexibility index (Phi) is 5.29. The molecule has 1 heterocycles. The van der Waals surface area contributed by atoms with Crippen LogP contribution in [0.5, 0.6) is 5.75 Å². The molecule has 0 spiro atoms. The van der Waals surface area contributed by atoms with E-state index < -0.39 is 0 Å².